The zero-order chi connectivity index (χ0) is 17.4. The van der Waals surface area contributed by atoms with Gasteiger partial charge in [-0.1, -0.05) is 0 Å². The fraction of sp³-hybridized carbons (Fsp3) is 0.389. The Morgan fingerprint density at radius 1 is 1.40 bits per heavy atom. The lowest BCUT2D eigenvalue weighted by molar-refractivity contribution is 0.241. The van der Waals surface area contributed by atoms with Crippen molar-refractivity contribution in [1.29, 1.82) is 0 Å². The topological polar surface area (TPSA) is 80.0 Å². The van der Waals surface area contributed by atoms with E-state index in [4.69, 9.17) is 4.42 Å². The SMILES string of the molecule is CC(C)n1cc(CN2CCc3nc(-c4ccco4)[nH]c(=O)c3C2)cn1. The summed E-state index contributed by atoms with van der Waals surface area (Å²) < 4.78 is 7.29. The number of fused-ring (bicyclic) bond motifs is 1. The van der Waals surface area contributed by atoms with Crippen molar-refractivity contribution < 1.29 is 4.42 Å². The number of rotatable bonds is 4. The van der Waals surface area contributed by atoms with Gasteiger partial charge in [0.1, 0.15) is 0 Å². The lowest BCUT2D eigenvalue weighted by Gasteiger charge is -2.27. The molecular formula is C18H21N5O2. The summed E-state index contributed by atoms with van der Waals surface area (Å²) in [6.07, 6.45) is 6.31. The van der Waals surface area contributed by atoms with Gasteiger partial charge in [-0.3, -0.25) is 14.4 Å². The molecule has 1 aliphatic heterocycles. The van der Waals surface area contributed by atoms with Crippen LogP contribution in [0.15, 0.2) is 40.0 Å². The van der Waals surface area contributed by atoms with Crippen molar-refractivity contribution in [2.24, 2.45) is 0 Å². The third kappa shape index (κ3) is 3.15. The van der Waals surface area contributed by atoms with Gasteiger partial charge < -0.3 is 9.40 Å². The van der Waals surface area contributed by atoms with Crippen LogP contribution < -0.4 is 5.56 Å². The molecule has 0 spiro atoms. The van der Waals surface area contributed by atoms with Crippen molar-refractivity contribution in [2.45, 2.75) is 39.4 Å². The molecule has 0 aromatic carbocycles. The van der Waals surface area contributed by atoms with E-state index in [0.29, 0.717) is 24.2 Å². The molecule has 0 bridgehead atoms. The van der Waals surface area contributed by atoms with Gasteiger partial charge in [-0.05, 0) is 26.0 Å². The molecule has 1 aliphatic rings. The van der Waals surface area contributed by atoms with E-state index in [1.54, 1.807) is 18.4 Å². The third-order valence-corrected chi connectivity index (χ3v) is 4.49. The number of hydrogen-bond acceptors (Lipinski definition) is 5. The second kappa shape index (κ2) is 6.33. The molecule has 0 atom stereocenters. The molecule has 0 fully saturated rings. The first kappa shape index (κ1) is 15.8. The van der Waals surface area contributed by atoms with Gasteiger partial charge in [0, 0.05) is 43.9 Å². The minimum Gasteiger partial charge on any atom is -0.461 e. The Labute approximate surface area is 145 Å². The van der Waals surface area contributed by atoms with Gasteiger partial charge >= 0.3 is 0 Å². The van der Waals surface area contributed by atoms with E-state index in [1.165, 1.54) is 0 Å². The second-order valence-electron chi connectivity index (χ2n) is 6.70. The van der Waals surface area contributed by atoms with Crippen LogP contribution in [0.25, 0.3) is 11.6 Å². The molecule has 4 rings (SSSR count). The molecule has 7 nitrogen and oxygen atoms in total. The average molecular weight is 339 g/mol. The maximum Gasteiger partial charge on any atom is 0.256 e. The number of hydrogen-bond donors (Lipinski definition) is 1. The molecule has 0 saturated heterocycles. The molecule has 0 amide bonds. The van der Waals surface area contributed by atoms with Crippen LogP contribution in [0.1, 0.15) is 36.7 Å². The van der Waals surface area contributed by atoms with Crippen LogP contribution in [0, 0.1) is 0 Å². The quantitative estimate of drug-likeness (QED) is 0.789. The van der Waals surface area contributed by atoms with Crippen LogP contribution >= 0.6 is 0 Å². The summed E-state index contributed by atoms with van der Waals surface area (Å²) in [7, 11) is 0. The number of aromatic nitrogens is 4. The molecule has 0 aliphatic carbocycles. The normalized spacial score (nSPS) is 14.8. The number of nitrogens with zero attached hydrogens (tertiary/aromatic N) is 4. The summed E-state index contributed by atoms with van der Waals surface area (Å²) in [5.74, 6) is 1.09. The predicted molar refractivity (Wildman–Crippen MR) is 93.0 cm³/mol. The van der Waals surface area contributed by atoms with Crippen molar-refractivity contribution in [2.75, 3.05) is 6.54 Å². The van der Waals surface area contributed by atoms with Crippen molar-refractivity contribution in [3.05, 3.63) is 58.0 Å². The third-order valence-electron chi connectivity index (χ3n) is 4.49. The largest absolute Gasteiger partial charge is 0.461 e. The second-order valence-corrected chi connectivity index (χ2v) is 6.70. The Hall–Kier alpha value is -2.67. The standard InChI is InChI=1S/C18H21N5O2/c1-12(2)23-10-13(8-19-23)9-22-6-5-15-14(11-22)18(24)21-17(20-15)16-4-3-7-25-16/h3-4,7-8,10,12H,5-6,9,11H2,1-2H3,(H,20,21,24). The van der Waals surface area contributed by atoms with Crippen molar-refractivity contribution in [3.8, 4) is 11.6 Å². The smallest absolute Gasteiger partial charge is 0.256 e. The van der Waals surface area contributed by atoms with Gasteiger partial charge in [0.2, 0.25) is 0 Å². The fourth-order valence-corrected chi connectivity index (χ4v) is 3.15. The molecule has 0 radical (unpaired) electrons. The summed E-state index contributed by atoms with van der Waals surface area (Å²) in [5, 5.41) is 4.38. The molecular weight excluding hydrogens is 318 g/mol. The van der Waals surface area contributed by atoms with Gasteiger partial charge in [-0.15, -0.1) is 0 Å². The van der Waals surface area contributed by atoms with Gasteiger partial charge in [0.05, 0.1) is 23.7 Å². The van der Waals surface area contributed by atoms with Gasteiger partial charge in [0.15, 0.2) is 11.6 Å². The summed E-state index contributed by atoms with van der Waals surface area (Å²) in [4.78, 5) is 22.2. The van der Waals surface area contributed by atoms with E-state index >= 15 is 0 Å². The molecule has 0 saturated carbocycles. The van der Waals surface area contributed by atoms with Crippen LogP contribution in [-0.4, -0.2) is 31.2 Å². The maximum atomic E-state index is 12.5. The first-order valence-corrected chi connectivity index (χ1v) is 8.51. The molecule has 130 valence electrons. The van der Waals surface area contributed by atoms with Crippen LogP contribution in [0.3, 0.4) is 0 Å². The predicted octanol–water partition coefficient (Wildman–Crippen LogP) is 2.37. The molecule has 1 N–H and O–H groups in total. The Kier molecular flexibility index (Phi) is 4.01. The van der Waals surface area contributed by atoms with E-state index in [2.05, 4.69) is 40.0 Å². The highest BCUT2D eigenvalue weighted by atomic mass is 16.3. The zero-order valence-corrected chi connectivity index (χ0v) is 14.4. The molecule has 4 heterocycles. The minimum absolute atomic E-state index is 0.0843. The van der Waals surface area contributed by atoms with E-state index in [0.717, 1.165) is 36.3 Å². The van der Waals surface area contributed by atoms with E-state index < -0.39 is 0 Å². The molecule has 3 aromatic heterocycles. The minimum atomic E-state index is -0.0843. The Morgan fingerprint density at radius 2 is 2.28 bits per heavy atom. The van der Waals surface area contributed by atoms with Gasteiger partial charge in [0.25, 0.3) is 5.56 Å². The van der Waals surface area contributed by atoms with Crippen LogP contribution in [0.5, 0.6) is 0 Å². The lowest BCUT2D eigenvalue weighted by Crippen LogP contribution is -2.35. The first-order valence-electron chi connectivity index (χ1n) is 8.51. The summed E-state index contributed by atoms with van der Waals surface area (Å²) in [6, 6.07) is 3.93. The number of H-pyrrole nitrogens is 1. The number of aromatic amines is 1. The molecule has 25 heavy (non-hydrogen) atoms. The number of nitrogens with one attached hydrogen (secondary N) is 1. The van der Waals surface area contributed by atoms with E-state index in [-0.39, 0.29) is 5.56 Å². The molecule has 3 aromatic rings. The first-order chi connectivity index (χ1) is 12.1. The monoisotopic (exact) mass is 339 g/mol. The average Bonchev–Trinajstić information content (AvgIpc) is 3.27. The number of furan rings is 1. The summed E-state index contributed by atoms with van der Waals surface area (Å²) >= 11 is 0. The van der Waals surface area contributed by atoms with E-state index in [1.807, 2.05) is 10.9 Å². The summed E-state index contributed by atoms with van der Waals surface area (Å²) in [6.45, 7) is 6.47. The van der Waals surface area contributed by atoms with Crippen molar-refractivity contribution in [1.82, 2.24) is 24.6 Å². The van der Waals surface area contributed by atoms with Crippen LogP contribution in [-0.2, 0) is 19.5 Å². The molecule has 0 unspecified atom stereocenters. The van der Waals surface area contributed by atoms with Crippen molar-refractivity contribution >= 4 is 0 Å². The zero-order valence-electron chi connectivity index (χ0n) is 14.4. The van der Waals surface area contributed by atoms with Crippen molar-refractivity contribution in [3.63, 3.8) is 0 Å². The maximum absolute atomic E-state index is 12.5. The van der Waals surface area contributed by atoms with Gasteiger partial charge in [-0.25, -0.2) is 4.98 Å². The Balaban J connectivity index is 1.54. The Morgan fingerprint density at radius 3 is 3.00 bits per heavy atom. The fourth-order valence-electron chi connectivity index (χ4n) is 3.15. The van der Waals surface area contributed by atoms with Crippen LogP contribution in [0.4, 0.5) is 0 Å². The summed E-state index contributed by atoms with van der Waals surface area (Å²) in [5.41, 5.74) is 2.69. The highest BCUT2D eigenvalue weighted by Crippen LogP contribution is 2.20. The van der Waals surface area contributed by atoms with E-state index in [9.17, 15) is 4.79 Å². The lowest BCUT2D eigenvalue weighted by atomic mass is 10.1. The highest BCUT2D eigenvalue weighted by molar-refractivity contribution is 5.46. The highest BCUT2D eigenvalue weighted by Gasteiger charge is 2.22. The Bertz CT molecular complexity index is 923. The van der Waals surface area contributed by atoms with Gasteiger partial charge in [-0.2, -0.15) is 5.10 Å². The molecule has 7 heteroatoms. The van der Waals surface area contributed by atoms with Crippen LogP contribution in [0.2, 0.25) is 0 Å².